The zero-order chi connectivity index (χ0) is 14.0. The maximum atomic E-state index is 11.1. The number of rotatable bonds is 3. The van der Waals surface area contributed by atoms with Crippen molar-refractivity contribution in [3.8, 4) is 0 Å². The van der Waals surface area contributed by atoms with Gasteiger partial charge in [-0.05, 0) is 19.9 Å². The van der Waals surface area contributed by atoms with Gasteiger partial charge >= 0.3 is 5.97 Å². The highest BCUT2D eigenvalue weighted by atomic mass is 35.5. The summed E-state index contributed by atoms with van der Waals surface area (Å²) >= 11 is 6.14. The second-order valence-corrected chi connectivity index (χ2v) is 5.30. The van der Waals surface area contributed by atoms with Crippen molar-refractivity contribution in [3.05, 3.63) is 22.8 Å². The fourth-order valence-corrected chi connectivity index (χ4v) is 2.58. The van der Waals surface area contributed by atoms with E-state index >= 15 is 0 Å². The number of aromatic nitrogens is 1. The first-order valence-electron chi connectivity index (χ1n) is 6.37. The number of carbonyl (C=O) groups is 1. The molecule has 0 radical (unpaired) electrons. The molecule has 1 fully saturated rings. The zero-order valence-corrected chi connectivity index (χ0v) is 11.9. The first kappa shape index (κ1) is 14.1. The number of anilines is 1. The number of pyridine rings is 1. The molecule has 1 aliphatic heterocycles. The molecule has 104 valence electrons. The summed E-state index contributed by atoms with van der Waals surface area (Å²) in [5.41, 5.74) is 0.109. The quantitative estimate of drug-likeness (QED) is 0.919. The highest BCUT2D eigenvalue weighted by molar-refractivity contribution is 6.35. The molecule has 2 heterocycles. The molecular formula is C13H18ClN3O2. The van der Waals surface area contributed by atoms with E-state index in [0.717, 1.165) is 26.2 Å². The molecule has 0 aromatic carbocycles. The second-order valence-electron chi connectivity index (χ2n) is 4.92. The molecule has 6 heteroatoms. The molecule has 0 aliphatic carbocycles. The van der Waals surface area contributed by atoms with Crippen LogP contribution in [0.2, 0.25) is 5.02 Å². The van der Waals surface area contributed by atoms with E-state index in [-0.39, 0.29) is 10.6 Å². The molecule has 1 aromatic heterocycles. The summed E-state index contributed by atoms with van der Waals surface area (Å²) in [6.07, 6.45) is 1.50. The van der Waals surface area contributed by atoms with Crippen LogP contribution in [0, 0.1) is 0 Å². The minimum atomic E-state index is -1.02. The lowest BCUT2D eigenvalue weighted by molar-refractivity contribution is 0.0697. The van der Waals surface area contributed by atoms with Crippen molar-refractivity contribution in [2.45, 2.75) is 19.9 Å². The van der Waals surface area contributed by atoms with E-state index < -0.39 is 5.97 Å². The normalized spacial score (nSPS) is 16.9. The predicted molar refractivity (Wildman–Crippen MR) is 75.1 cm³/mol. The summed E-state index contributed by atoms with van der Waals surface area (Å²) in [5.74, 6) is -0.445. The summed E-state index contributed by atoms with van der Waals surface area (Å²) in [6.45, 7) is 7.85. The van der Waals surface area contributed by atoms with Gasteiger partial charge < -0.3 is 10.0 Å². The van der Waals surface area contributed by atoms with Gasteiger partial charge in [0.05, 0.1) is 10.6 Å². The van der Waals surface area contributed by atoms with Gasteiger partial charge in [-0.15, -0.1) is 0 Å². The summed E-state index contributed by atoms with van der Waals surface area (Å²) in [7, 11) is 0. The zero-order valence-electron chi connectivity index (χ0n) is 11.1. The van der Waals surface area contributed by atoms with Gasteiger partial charge in [0, 0.05) is 38.4 Å². The van der Waals surface area contributed by atoms with Crippen molar-refractivity contribution < 1.29 is 9.90 Å². The first-order valence-corrected chi connectivity index (χ1v) is 6.75. The lowest BCUT2D eigenvalue weighted by Crippen LogP contribution is -2.49. The molecule has 1 saturated heterocycles. The Balaban J connectivity index is 2.16. The smallest absolute Gasteiger partial charge is 0.337 e. The molecule has 0 atom stereocenters. The van der Waals surface area contributed by atoms with Crippen LogP contribution in [0.5, 0.6) is 0 Å². The maximum Gasteiger partial charge on any atom is 0.337 e. The van der Waals surface area contributed by atoms with Crippen molar-refractivity contribution >= 4 is 23.4 Å². The number of nitrogens with zero attached hydrogens (tertiary/aromatic N) is 3. The number of carboxylic acid groups (broad SMARTS) is 1. The third kappa shape index (κ3) is 2.98. The molecule has 0 spiro atoms. The van der Waals surface area contributed by atoms with Gasteiger partial charge in [-0.3, -0.25) is 4.90 Å². The lowest BCUT2D eigenvalue weighted by atomic mass is 10.2. The van der Waals surface area contributed by atoms with Crippen molar-refractivity contribution in [2.24, 2.45) is 0 Å². The standard InChI is InChI=1S/C13H18ClN3O2/c1-9(2)16-5-7-17(8-6-16)12-11(14)10(13(18)19)3-4-15-12/h3-4,9H,5-8H2,1-2H3,(H,18,19). The van der Waals surface area contributed by atoms with Crippen LogP contribution in [0.15, 0.2) is 12.3 Å². The Morgan fingerprint density at radius 1 is 1.37 bits per heavy atom. The molecule has 0 unspecified atom stereocenters. The van der Waals surface area contributed by atoms with Crippen LogP contribution < -0.4 is 4.90 Å². The summed E-state index contributed by atoms with van der Waals surface area (Å²) in [4.78, 5) is 19.7. The molecule has 1 aromatic rings. The van der Waals surface area contributed by atoms with Crippen LogP contribution in [-0.4, -0.2) is 53.2 Å². The van der Waals surface area contributed by atoms with Gasteiger partial charge in [-0.2, -0.15) is 0 Å². The third-order valence-electron chi connectivity index (χ3n) is 3.45. The van der Waals surface area contributed by atoms with E-state index in [0.29, 0.717) is 11.9 Å². The van der Waals surface area contributed by atoms with Crippen LogP contribution in [0.1, 0.15) is 24.2 Å². The molecule has 5 nitrogen and oxygen atoms in total. The van der Waals surface area contributed by atoms with Crippen LogP contribution >= 0.6 is 11.6 Å². The largest absolute Gasteiger partial charge is 0.478 e. The van der Waals surface area contributed by atoms with E-state index in [1.165, 1.54) is 12.3 Å². The number of halogens is 1. The van der Waals surface area contributed by atoms with Crippen LogP contribution in [-0.2, 0) is 0 Å². The van der Waals surface area contributed by atoms with Crippen LogP contribution in [0.25, 0.3) is 0 Å². The maximum absolute atomic E-state index is 11.1. The summed E-state index contributed by atoms with van der Waals surface area (Å²) in [6, 6.07) is 1.95. The minimum absolute atomic E-state index is 0.109. The molecule has 0 amide bonds. The fraction of sp³-hybridized carbons (Fsp3) is 0.538. The topological polar surface area (TPSA) is 56.7 Å². The second kappa shape index (κ2) is 5.75. The van der Waals surface area contributed by atoms with Crippen molar-refractivity contribution in [3.63, 3.8) is 0 Å². The van der Waals surface area contributed by atoms with E-state index in [9.17, 15) is 4.79 Å². The number of aromatic carboxylic acids is 1. The van der Waals surface area contributed by atoms with Crippen LogP contribution in [0.3, 0.4) is 0 Å². The number of hydrogen-bond acceptors (Lipinski definition) is 4. The minimum Gasteiger partial charge on any atom is -0.478 e. The molecule has 1 N–H and O–H groups in total. The van der Waals surface area contributed by atoms with Gasteiger partial charge in [0.2, 0.25) is 0 Å². The van der Waals surface area contributed by atoms with Gasteiger partial charge in [0.25, 0.3) is 0 Å². The van der Waals surface area contributed by atoms with E-state index in [1.807, 2.05) is 4.90 Å². The molecule has 1 aliphatic rings. The Morgan fingerprint density at radius 3 is 2.53 bits per heavy atom. The Kier molecular flexibility index (Phi) is 4.27. The van der Waals surface area contributed by atoms with Gasteiger partial charge in [0.1, 0.15) is 5.82 Å². The average Bonchev–Trinajstić information content (AvgIpc) is 2.38. The lowest BCUT2D eigenvalue weighted by Gasteiger charge is -2.37. The fourth-order valence-electron chi connectivity index (χ4n) is 2.27. The Labute approximate surface area is 117 Å². The number of hydrogen-bond donors (Lipinski definition) is 1. The molecular weight excluding hydrogens is 266 g/mol. The predicted octanol–water partition coefficient (Wildman–Crippen LogP) is 1.96. The molecule has 0 saturated carbocycles. The molecule has 0 bridgehead atoms. The van der Waals surface area contributed by atoms with Crippen LogP contribution in [0.4, 0.5) is 5.82 Å². The van der Waals surface area contributed by atoms with Gasteiger partial charge in [-0.1, -0.05) is 11.6 Å². The highest BCUT2D eigenvalue weighted by Gasteiger charge is 2.23. The molecule has 2 rings (SSSR count). The van der Waals surface area contributed by atoms with Crippen molar-refractivity contribution in [2.75, 3.05) is 31.1 Å². The van der Waals surface area contributed by atoms with E-state index in [4.69, 9.17) is 16.7 Å². The monoisotopic (exact) mass is 283 g/mol. The van der Waals surface area contributed by atoms with E-state index in [2.05, 4.69) is 23.7 Å². The SMILES string of the molecule is CC(C)N1CCN(c2nccc(C(=O)O)c2Cl)CC1. The van der Waals surface area contributed by atoms with Crippen molar-refractivity contribution in [1.82, 2.24) is 9.88 Å². The highest BCUT2D eigenvalue weighted by Crippen LogP contribution is 2.27. The summed E-state index contributed by atoms with van der Waals surface area (Å²) < 4.78 is 0. The average molecular weight is 284 g/mol. The Hall–Kier alpha value is -1.33. The van der Waals surface area contributed by atoms with Gasteiger partial charge in [-0.25, -0.2) is 9.78 Å². The Morgan fingerprint density at radius 2 is 2.00 bits per heavy atom. The van der Waals surface area contributed by atoms with Crippen molar-refractivity contribution in [1.29, 1.82) is 0 Å². The van der Waals surface area contributed by atoms with E-state index in [1.54, 1.807) is 0 Å². The first-order chi connectivity index (χ1) is 9.00. The number of piperazine rings is 1. The molecule has 19 heavy (non-hydrogen) atoms. The number of carboxylic acids is 1. The van der Waals surface area contributed by atoms with Gasteiger partial charge in [0.15, 0.2) is 0 Å². The Bertz CT molecular complexity index is 471. The summed E-state index contributed by atoms with van der Waals surface area (Å²) in [5, 5.41) is 9.29. The third-order valence-corrected chi connectivity index (χ3v) is 3.82.